The van der Waals surface area contributed by atoms with Crippen molar-refractivity contribution in [2.75, 3.05) is 0 Å². The van der Waals surface area contributed by atoms with Gasteiger partial charge in [-0.3, -0.25) is 0 Å². The Balaban J connectivity index is 1.39. The zero-order valence-corrected chi connectivity index (χ0v) is 21.0. The van der Waals surface area contributed by atoms with Gasteiger partial charge in [0, 0.05) is 31.9 Å². The van der Waals surface area contributed by atoms with Gasteiger partial charge in [0.2, 0.25) is 0 Å². The summed E-state index contributed by atoms with van der Waals surface area (Å²) in [5.74, 6) is 0. The molecule has 2 aromatic heterocycles. The minimum Gasteiger partial charge on any atom is -0.309 e. The van der Waals surface area contributed by atoms with Crippen LogP contribution in [0.15, 0.2) is 132 Å². The fourth-order valence-corrected chi connectivity index (χ4v) is 5.55. The van der Waals surface area contributed by atoms with E-state index in [0.29, 0.717) is 0 Å². The Hall–Kier alpha value is -4.21. The van der Waals surface area contributed by atoms with Crippen LogP contribution in [0.4, 0.5) is 0 Å². The molecule has 0 radical (unpaired) electrons. The topological polar surface area (TPSA) is 17.8 Å². The first kappa shape index (κ1) is 21.1. The highest BCUT2D eigenvalue weighted by Gasteiger charge is 2.13. The second-order valence-electron chi connectivity index (χ2n) is 9.00. The van der Waals surface area contributed by atoms with Gasteiger partial charge >= 0.3 is 0 Å². The van der Waals surface area contributed by atoms with Crippen molar-refractivity contribution in [3.05, 3.63) is 132 Å². The molecule has 0 atom stereocenters. The molecule has 0 saturated heterocycles. The van der Waals surface area contributed by atoms with Crippen molar-refractivity contribution in [3.8, 4) is 28.1 Å². The van der Waals surface area contributed by atoms with Crippen LogP contribution in [-0.2, 0) is 0 Å². The summed E-state index contributed by atoms with van der Waals surface area (Å²) in [5.41, 5.74) is 9.00. The SMILES string of the molecule is Brc1ccc2nc(-c3ccc(-n4c5ccccc5c5ccccc54)cc3)cc(-c3ccccc3)c2c1. The summed E-state index contributed by atoms with van der Waals surface area (Å²) >= 11 is 3.63. The van der Waals surface area contributed by atoms with Crippen molar-refractivity contribution in [3.63, 3.8) is 0 Å². The number of aromatic nitrogens is 2. The Morgan fingerprint density at radius 2 is 1.17 bits per heavy atom. The number of nitrogens with zero attached hydrogens (tertiary/aromatic N) is 2. The molecule has 36 heavy (non-hydrogen) atoms. The largest absolute Gasteiger partial charge is 0.309 e. The van der Waals surface area contributed by atoms with Gasteiger partial charge in [-0.1, -0.05) is 94.8 Å². The summed E-state index contributed by atoms with van der Waals surface area (Å²) in [6, 6.07) is 45.0. The number of para-hydroxylation sites is 2. The number of hydrogen-bond acceptors (Lipinski definition) is 1. The number of pyridine rings is 1. The van der Waals surface area contributed by atoms with Crippen LogP contribution in [-0.4, -0.2) is 9.55 Å². The average molecular weight is 525 g/mol. The van der Waals surface area contributed by atoms with E-state index in [2.05, 4.69) is 148 Å². The van der Waals surface area contributed by atoms with Gasteiger partial charge in [0.15, 0.2) is 0 Å². The van der Waals surface area contributed by atoms with Crippen molar-refractivity contribution in [2.24, 2.45) is 0 Å². The first-order valence-corrected chi connectivity index (χ1v) is 12.8. The van der Waals surface area contributed by atoms with Crippen LogP contribution in [0.1, 0.15) is 0 Å². The molecular formula is C33H21BrN2. The van der Waals surface area contributed by atoms with E-state index in [-0.39, 0.29) is 0 Å². The highest BCUT2D eigenvalue weighted by Crippen LogP contribution is 2.35. The van der Waals surface area contributed by atoms with Gasteiger partial charge in [-0.15, -0.1) is 0 Å². The molecule has 0 aliphatic heterocycles. The van der Waals surface area contributed by atoms with Gasteiger partial charge in [0.1, 0.15) is 0 Å². The standard InChI is InChI=1S/C33H21BrN2/c34-24-16-19-30-29(20-24)28(22-8-2-1-3-9-22)21-31(35-30)23-14-17-25(18-15-23)36-32-12-6-4-10-26(32)27-11-5-7-13-33(27)36/h1-21H. The van der Waals surface area contributed by atoms with Gasteiger partial charge < -0.3 is 4.57 Å². The van der Waals surface area contributed by atoms with Crippen molar-refractivity contribution in [1.82, 2.24) is 9.55 Å². The lowest BCUT2D eigenvalue weighted by Gasteiger charge is -2.12. The van der Waals surface area contributed by atoms with E-state index < -0.39 is 0 Å². The maximum atomic E-state index is 5.04. The summed E-state index contributed by atoms with van der Waals surface area (Å²) in [5, 5.41) is 3.68. The first-order valence-electron chi connectivity index (χ1n) is 12.0. The predicted octanol–water partition coefficient (Wildman–Crippen LogP) is 9.43. The summed E-state index contributed by atoms with van der Waals surface area (Å²) in [6.45, 7) is 0. The van der Waals surface area contributed by atoms with Crippen LogP contribution in [0.3, 0.4) is 0 Å². The summed E-state index contributed by atoms with van der Waals surface area (Å²) in [7, 11) is 0. The van der Waals surface area contributed by atoms with E-state index in [9.17, 15) is 0 Å². The van der Waals surface area contributed by atoms with Gasteiger partial charge in [0.05, 0.1) is 22.2 Å². The molecule has 7 aromatic rings. The molecule has 0 fully saturated rings. The molecule has 2 nitrogen and oxygen atoms in total. The smallest absolute Gasteiger partial charge is 0.0716 e. The van der Waals surface area contributed by atoms with E-state index in [4.69, 9.17) is 4.98 Å². The Bertz CT molecular complexity index is 1830. The second kappa shape index (κ2) is 8.47. The third-order valence-electron chi connectivity index (χ3n) is 6.86. The first-order chi connectivity index (χ1) is 17.8. The fourth-order valence-electron chi connectivity index (χ4n) is 5.18. The molecule has 0 amide bonds. The van der Waals surface area contributed by atoms with Gasteiger partial charge in [-0.25, -0.2) is 4.98 Å². The number of hydrogen-bond donors (Lipinski definition) is 0. The summed E-state index contributed by atoms with van der Waals surface area (Å²) < 4.78 is 3.40. The van der Waals surface area contributed by atoms with E-state index in [1.165, 1.54) is 32.9 Å². The minimum atomic E-state index is 0.970. The van der Waals surface area contributed by atoms with Crippen molar-refractivity contribution < 1.29 is 0 Å². The van der Waals surface area contributed by atoms with Gasteiger partial charge in [-0.05, 0) is 59.7 Å². The number of halogens is 1. The molecule has 0 bridgehead atoms. The van der Waals surface area contributed by atoms with Crippen molar-refractivity contribution in [2.45, 2.75) is 0 Å². The van der Waals surface area contributed by atoms with Crippen LogP contribution >= 0.6 is 15.9 Å². The average Bonchev–Trinajstić information content (AvgIpc) is 3.27. The molecule has 2 heterocycles. The molecule has 7 rings (SSSR count). The number of fused-ring (bicyclic) bond motifs is 4. The Labute approximate surface area is 217 Å². The molecule has 0 aliphatic rings. The van der Waals surface area contributed by atoms with Crippen molar-refractivity contribution in [1.29, 1.82) is 0 Å². The lowest BCUT2D eigenvalue weighted by atomic mass is 9.98. The zero-order valence-electron chi connectivity index (χ0n) is 19.4. The zero-order chi connectivity index (χ0) is 24.1. The molecule has 3 heteroatoms. The van der Waals surface area contributed by atoms with E-state index in [1.807, 2.05) is 0 Å². The second-order valence-corrected chi connectivity index (χ2v) is 9.91. The predicted molar refractivity (Wildman–Crippen MR) is 155 cm³/mol. The van der Waals surface area contributed by atoms with Gasteiger partial charge in [-0.2, -0.15) is 0 Å². The summed E-state index contributed by atoms with van der Waals surface area (Å²) in [4.78, 5) is 5.04. The molecule has 5 aromatic carbocycles. The lowest BCUT2D eigenvalue weighted by Crippen LogP contribution is -1.94. The molecular weight excluding hydrogens is 504 g/mol. The molecule has 170 valence electrons. The third-order valence-corrected chi connectivity index (χ3v) is 7.35. The Morgan fingerprint density at radius 3 is 1.86 bits per heavy atom. The Kier molecular flexibility index (Phi) is 4.97. The van der Waals surface area contributed by atoms with Crippen LogP contribution in [0, 0.1) is 0 Å². The van der Waals surface area contributed by atoms with Gasteiger partial charge in [0.25, 0.3) is 0 Å². The van der Waals surface area contributed by atoms with Crippen LogP contribution in [0.2, 0.25) is 0 Å². The Morgan fingerprint density at radius 1 is 0.528 bits per heavy atom. The quantitative estimate of drug-likeness (QED) is 0.225. The summed E-state index contributed by atoms with van der Waals surface area (Å²) in [6.07, 6.45) is 0. The molecule has 0 N–H and O–H groups in total. The van der Waals surface area contributed by atoms with E-state index >= 15 is 0 Å². The number of benzene rings is 5. The van der Waals surface area contributed by atoms with Crippen LogP contribution in [0.5, 0.6) is 0 Å². The van der Waals surface area contributed by atoms with E-state index in [0.717, 1.165) is 32.3 Å². The van der Waals surface area contributed by atoms with Crippen LogP contribution in [0.25, 0.3) is 60.8 Å². The monoisotopic (exact) mass is 524 g/mol. The maximum Gasteiger partial charge on any atom is 0.0716 e. The highest BCUT2D eigenvalue weighted by atomic mass is 79.9. The fraction of sp³-hybridized carbons (Fsp3) is 0. The molecule has 0 unspecified atom stereocenters. The minimum absolute atomic E-state index is 0.970. The van der Waals surface area contributed by atoms with Crippen molar-refractivity contribution >= 4 is 48.6 Å². The molecule has 0 saturated carbocycles. The molecule has 0 aliphatic carbocycles. The highest BCUT2D eigenvalue weighted by molar-refractivity contribution is 9.10. The number of rotatable bonds is 3. The third kappa shape index (κ3) is 3.43. The molecule has 0 spiro atoms. The van der Waals surface area contributed by atoms with Crippen LogP contribution < -0.4 is 0 Å². The van der Waals surface area contributed by atoms with E-state index in [1.54, 1.807) is 0 Å². The normalized spacial score (nSPS) is 11.5. The lowest BCUT2D eigenvalue weighted by molar-refractivity contribution is 1.18. The maximum absolute atomic E-state index is 5.04.